The predicted octanol–water partition coefficient (Wildman–Crippen LogP) is 3.42. The zero-order chi connectivity index (χ0) is 16.2. The Balaban J connectivity index is 2.23. The van der Waals surface area contributed by atoms with Gasteiger partial charge in [0.25, 0.3) is 5.91 Å². The van der Waals surface area contributed by atoms with Crippen molar-refractivity contribution in [3.05, 3.63) is 54.6 Å². The van der Waals surface area contributed by atoms with Crippen LogP contribution in [0.4, 0.5) is 0 Å². The number of hydroxylamine groups is 2. The lowest BCUT2D eigenvalue weighted by Gasteiger charge is -2.44. The molecule has 1 aliphatic rings. The molecular weight excluding hydrogens is 278 g/mol. The maximum atomic E-state index is 12.7. The van der Waals surface area contributed by atoms with E-state index in [9.17, 15) is 4.79 Å². The van der Waals surface area contributed by atoms with Gasteiger partial charge in [-0.05, 0) is 32.4 Å². The molecular formula is C18H23NO3. The number of hydrogen-bond donors (Lipinski definition) is 0. The van der Waals surface area contributed by atoms with Gasteiger partial charge in [-0.2, -0.15) is 5.06 Å². The third kappa shape index (κ3) is 3.29. The van der Waals surface area contributed by atoms with E-state index in [1.807, 2.05) is 63.3 Å². The summed E-state index contributed by atoms with van der Waals surface area (Å²) >= 11 is 0. The molecule has 2 unspecified atom stereocenters. The Morgan fingerprint density at radius 3 is 2.64 bits per heavy atom. The van der Waals surface area contributed by atoms with Gasteiger partial charge in [0, 0.05) is 0 Å². The van der Waals surface area contributed by atoms with Crippen LogP contribution in [-0.4, -0.2) is 29.9 Å². The van der Waals surface area contributed by atoms with Crippen molar-refractivity contribution in [3.8, 4) is 0 Å². The molecule has 1 fully saturated rings. The van der Waals surface area contributed by atoms with Gasteiger partial charge < -0.3 is 4.74 Å². The monoisotopic (exact) mass is 301 g/mol. The summed E-state index contributed by atoms with van der Waals surface area (Å²) in [7, 11) is 0. The van der Waals surface area contributed by atoms with Gasteiger partial charge in [0.2, 0.25) is 0 Å². The van der Waals surface area contributed by atoms with Crippen molar-refractivity contribution in [1.82, 2.24) is 5.06 Å². The Hall–Kier alpha value is -1.91. The highest BCUT2D eigenvalue weighted by atomic mass is 16.7. The van der Waals surface area contributed by atoms with Crippen LogP contribution in [0.1, 0.15) is 26.3 Å². The summed E-state index contributed by atoms with van der Waals surface area (Å²) in [5.41, 5.74) is 0.358. The molecule has 0 aromatic heterocycles. The molecule has 0 spiro atoms. The SMILES string of the molecule is C=CC1OC(/C=C/c2ccccc2)C(C)(C)C(=O)N1OCC. The first kappa shape index (κ1) is 16.5. The van der Waals surface area contributed by atoms with Crippen LogP contribution in [0, 0.1) is 5.41 Å². The minimum Gasteiger partial charge on any atom is -0.344 e. The highest BCUT2D eigenvalue weighted by Crippen LogP contribution is 2.35. The average molecular weight is 301 g/mol. The molecule has 4 heteroatoms. The standard InChI is InChI=1S/C18H23NO3/c1-5-16-19(21-6-2)17(20)18(3,4)15(22-16)13-12-14-10-8-7-9-11-14/h5,7-13,15-16H,1,6H2,2-4H3/b13-12+. The van der Waals surface area contributed by atoms with Crippen molar-refractivity contribution in [2.45, 2.75) is 33.1 Å². The lowest BCUT2D eigenvalue weighted by atomic mass is 9.83. The topological polar surface area (TPSA) is 38.8 Å². The van der Waals surface area contributed by atoms with E-state index in [4.69, 9.17) is 9.57 Å². The maximum Gasteiger partial charge on any atom is 0.257 e. The lowest BCUT2D eigenvalue weighted by Crippen LogP contribution is -2.58. The molecule has 1 aliphatic heterocycles. The van der Waals surface area contributed by atoms with Crippen LogP contribution in [0.2, 0.25) is 0 Å². The number of ether oxygens (including phenoxy) is 1. The van der Waals surface area contributed by atoms with Crippen LogP contribution in [0.3, 0.4) is 0 Å². The molecule has 4 nitrogen and oxygen atoms in total. The Morgan fingerprint density at radius 1 is 1.36 bits per heavy atom. The fraction of sp³-hybridized carbons (Fsp3) is 0.389. The molecule has 0 radical (unpaired) electrons. The molecule has 0 bridgehead atoms. The van der Waals surface area contributed by atoms with Crippen LogP contribution in [-0.2, 0) is 14.4 Å². The van der Waals surface area contributed by atoms with Crippen molar-refractivity contribution in [2.75, 3.05) is 6.61 Å². The van der Waals surface area contributed by atoms with Gasteiger partial charge >= 0.3 is 0 Å². The Morgan fingerprint density at radius 2 is 2.05 bits per heavy atom. The minimum absolute atomic E-state index is 0.104. The normalized spacial score (nSPS) is 24.7. The zero-order valence-corrected chi connectivity index (χ0v) is 13.4. The number of rotatable bonds is 5. The number of carbonyl (C=O) groups is 1. The quantitative estimate of drug-likeness (QED) is 0.782. The lowest BCUT2D eigenvalue weighted by molar-refractivity contribution is -0.273. The molecule has 2 rings (SSSR count). The first-order valence-electron chi connectivity index (χ1n) is 7.48. The summed E-state index contributed by atoms with van der Waals surface area (Å²) < 4.78 is 5.98. The van der Waals surface area contributed by atoms with E-state index in [-0.39, 0.29) is 12.0 Å². The summed E-state index contributed by atoms with van der Waals surface area (Å²) in [6.07, 6.45) is 4.54. The molecule has 0 saturated carbocycles. The largest absolute Gasteiger partial charge is 0.344 e. The van der Waals surface area contributed by atoms with Gasteiger partial charge in [0.15, 0.2) is 6.23 Å². The minimum atomic E-state index is -0.708. The number of amides is 1. The average Bonchev–Trinajstić information content (AvgIpc) is 2.52. The van der Waals surface area contributed by atoms with Crippen molar-refractivity contribution in [1.29, 1.82) is 0 Å². The second kappa shape index (κ2) is 6.90. The molecule has 0 N–H and O–H groups in total. The van der Waals surface area contributed by atoms with E-state index in [1.54, 1.807) is 6.08 Å². The molecule has 118 valence electrons. The zero-order valence-electron chi connectivity index (χ0n) is 13.4. The molecule has 1 aromatic carbocycles. The van der Waals surface area contributed by atoms with E-state index in [1.165, 1.54) is 5.06 Å². The molecule has 1 amide bonds. The van der Waals surface area contributed by atoms with Gasteiger partial charge in [-0.25, -0.2) is 0 Å². The molecule has 1 heterocycles. The van der Waals surface area contributed by atoms with Crippen LogP contribution in [0.5, 0.6) is 0 Å². The van der Waals surface area contributed by atoms with Gasteiger partial charge in [0.1, 0.15) is 0 Å². The summed E-state index contributed by atoms with van der Waals surface area (Å²) in [6.45, 7) is 9.69. The number of nitrogens with zero attached hydrogens (tertiary/aromatic N) is 1. The predicted molar refractivity (Wildman–Crippen MR) is 86.6 cm³/mol. The first-order chi connectivity index (χ1) is 10.5. The third-order valence-corrected chi connectivity index (χ3v) is 3.71. The van der Waals surface area contributed by atoms with Crippen molar-refractivity contribution in [3.63, 3.8) is 0 Å². The van der Waals surface area contributed by atoms with E-state index >= 15 is 0 Å². The summed E-state index contributed by atoms with van der Waals surface area (Å²) in [5, 5.41) is 1.28. The van der Waals surface area contributed by atoms with Crippen LogP contribution in [0.25, 0.3) is 6.08 Å². The van der Waals surface area contributed by atoms with Crippen molar-refractivity contribution < 1.29 is 14.4 Å². The Labute approximate surface area is 132 Å². The van der Waals surface area contributed by atoms with Gasteiger partial charge in [-0.15, -0.1) is 0 Å². The van der Waals surface area contributed by atoms with E-state index in [2.05, 4.69) is 6.58 Å². The van der Waals surface area contributed by atoms with Crippen LogP contribution in [0.15, 0.2) is 49.1 Å². The van der Waals surface area contributed by atoms with Crippen molar-refractivity contribution in [2.24, 2.45) is 5.41 Å². The number of benzene rings is 1. The summed E-state index contributed by atoms with van der Waals surface area (Å²) in [4.78, 5) is 18.1. The second-order valence-electron chi connectivity index (χ2n) is 5.72. The van der Waals surface area contributed by atoms with Crippen LogP contribution >= 0.6 is 0 Å². The van der Waals surface area contributed by atoms with Gasteiger partial charge in [-0.1, -0.05) is 49.1 Å². The second-order valence-corrected chi connectivity index (χ2v) is 5.72. The fourth-order valence-corrected chi connectivity index (χ4v) is 2.37. The third-order valence-electron chi connectivity index (χ3n) is 3.71. The van der Waals surface area contributed by atoms with Gasteiger partial charge in [0.05, 0.1) is 18.1 Å². The molecule has 22 heavy (non-hydrogen) atoms. The number of carbonyl (C=O) groups excluding carboxylic acids is 1. The molecule has 1 saturated heterocycles. The fourth-order valence-electron chi connectivity index (χ4n) is 2.37. The molecule has 2 atom stereocenters. The van der Waals surface area contributed by atoms with Gasteiger partial charge in [-0.3, -0.25) is 9.63 Å². The van der Waals surface area contributed by atoms with Crippen molar-refractivity contribution >= 4 is 12.0 Å². The van der Waals surface area contributed by atoms with E-state index in [0.29, 0.717) is 6.61 Å². The first-order valence-corrected chi connectivity index (χ1v) is 7.48. The Bertz CT molecular complexity index is 551. The summed E-state index contributed by atoms with van der Waals surface area (Å²) in [5.74, 6) is -0.104. The molecule has 1 aromatic rings. The highest BCUT2D eigenvalue weighted by molar-refractivity contribution is 5.83. The molecule has 0 aliphatic carbocycles. The van der Waals surface area contributed by atoms with E-state index in [0.717, 1.165) is 5.56 Å². The van der Waals surface area contributed by atoms with Crippen LogP contribution < -0.4 is 0 Å². The Kier molecular flexibility index (Phi) is 5.16. The highest BCUT2D eigenvalue weighted by Gasteiger charge is 2.47. The number of hydrogen-bond acceptors (Lipinski definition) is 3. The van der Waals surface area contributed by atoms with E-state index < -0.39 is 11.6 Å². The summed E-state index contributed by atoms with van der Waals surface area (Å²) in [6, 6.07) is 9.93. The smallest absolute Gasteiger partial charge is 0.257 e. The maximum absolute atomic E-state index is 12.7.